The van der Waals surface area contributed by atoms with Gasteiger partial charge in [-0.2, -0.15) is 0 Å². The predicted molar refractivity (Wildman–Crippen MR) is 97.0 cm³/mol. The van der Waals surface area contributed by atoms with Gasteiger partial charge in [-0.3, -0.25) is 4.79 Å². The molecule has 3 heteroatoms. The summed E-state index contributed by atoms with van der Waals surface area (Å²) < 4.78 is 0. The van der Waals surface area contributed by atoms with E-state index < -0.39 is 5.60 Å². The Morgan fingerprint density at radius 1 is 1.21 bits per heavy atom. The van der Waals surface area contributed by atoms with Crippen LogP contribution < -0.4 is 0 Å². The molecule has 2 aliphatic rings. The molecule has 1 amide bonds. The van der Waals surface area contributed by atoms with Gasteiger partial charge in [-0.25, -0.2) is 0 Å². The van der Waals surface area contributed by atoms with Crippen molar-refractivity contribution in [2.45, 2.75) is 64.4 Å². The summed E-state index contributed by atoms with van der Waals surface area (Å²) in [7, 11) is 0. The van der Waals surface area contributed by atoms with Crippen molar-refractivity contribution in [1.82, 2.24) is 4.90 Å². The van der Waals surface area contributed by atoms with Gasteiger partial charge >= 0.3 is 0 Å². The minimum Gasteiger partial charge on any atom is -0.390 e. The number of carbonyl (C=O) groups excluding carboxylic acids is 1. The molecule has 1 saturated heterocycles. The molecule has 1 aromatic carbocycles. The van der Waals surface area contributed by atoms with Crippen molar-refractivity contribution in [2.75, 3.05) is 13.1 Å². The Balaban J connectivity index is 1.64. The number of rotatable bonds is 4. The molecule has 132 valence electrons. The number of likely N-dealkylation sites (tertiary alicyclic amines) is 1. The summed E-state index contributed by atoms with van der Waals surface area (Å²) in [5.41, 5.74) is 1.27. The minimum atomic E-state index is -0.664. The third kappa shape index (κ3) is 4.38. The number of nitrogens with zero attached hydrogens (tertiary/aromatic N) is 1. The summed E-state index contributed by atoms with van der Waals surface area (Å²) in [5.74, 6) is 1.75. The molecule has 2 atom stereocenters. The first-order valence-electron chi connectivity index (χ1n) is 9.53. The molecular formula is C21H31NO2. The Bertz CT molecular complexity index is 575. The van der Waals surface area contributed by atoms with Gasteiger partial charge in [-0.05, 0) is 69.1 Å². The molecule has 0 radical (unpaired) electrons. The number of hydrogen-bond donors (Lipinski definition) is 1. The first-order chi connectivity index (χ1) is 11.4. The van der Waals surface area contributed by atoms with Gasteiger partial charge in [0.1, 0.15) is 0 Å². The molecule has 1 N–H and O–H groups in total. The lowest BCUT2D eigenvalue weighted by Gasteiger charge is -2.41. The fraction of sp³-hybridized carbons (Fsp3) is 0.667. The second-order valence-electron chi connectivity index (χ2n) is 8.36. The maximum absolute atomic E-state index is 12.9. The number of aliphatic hydroxyl groups is 1. The lowest BCUT2D eigenvalue weighted by Crippen LogP contribution is -2.44. The number of carbonyl (C=O) groups is 1. The fourth-order valence-electron chi connectivity index (χ4n) is 4.28. The lowest BCUT2D eigenvalue weighted by atomic mass is 9.75. The SMILES string of the molecule is CC(C)(O)CCc1cccc(C(=O)N2CC[C@H]3CCCC[C@H]3C2)c1. The van der Waals surface area contributed by atoms with E-state index in [1.807, 2.05) is 32.0 Å². The molecule has 1 heterocycles. The molecule has 1 aliphatic carbocycles. The first kappa shape index (κ1) is 17.5. The van der Waals surface area contributed by atoms with Crippen molar-refractivity contribution >= 4 is 5.91 Å². The number of aryl methyl sites for hydroxylation is 1. The van der Waals surface area contributed by atoms with Crippen molar-refractivity contribution in [3.8, 4) is 0 Å². The molecule has 3 nitrogen and oxygen atoms in total. The minimum absolute atomic E-state index is 0.184. The highest BCUT2D eigenvalue weighted by Crippen LogP contribution is 2.36. The molecular weight excluding hydrogens is 298 g/mol. The highest BCUT2D eigenvalue weighted by Gasteiger charge is 2.33. The van der Waals surface area contributed by atoms with Crippen molar-refractivity contribution < 1.29 is 9.90 Å². The average molecular weight is 329 g/mol. The summed E-state index contributed by atoms with van der Waals surface area (Å²) in [6.07, 6.45) is 8.04. The van der Waals surface area contributed by atoms with Gasteiger partial charge in [-0.1, -0.05) is 31.4 Å². The largest absolute Gasteiger partial charge is 0.390 e. The highest BCUT2D eigenvalue weighted by molar-refractivity contribution is 5.94. The number of fused-ring (bicyclic) bond motifs is 1. The number of amides is 1. The van der Waals surface area contributed by atoms with Crippen LogP contribution in [0.3, 0.4) is 0 Å². The predicted octanol–water partition coefficient (Wildman–Crippen LogP) is 4.04. The average Bonchev–Trinajstić information content (AvgIpc) is 2.58. The van der Waals surface area contributed by atoms with Crippen LogP contribution in [-0.2, 0) is 6.42 Å². The van der Waals surface area contributed by atoms with Crippen LogP contribution in [0, 0.1) is 11.8 Å². The van der Waals surface area contributed by atoms with E-state index >= 15 is 0 Å². The quantitative estimate of drug-likeness (QED) is 0.905. The zero-order valence-electron chi connectivity index (χ0n) is 15.1. The standard InChI is InChI=1S/C21H31NO2/c1-21(2,24)12-10-16-6-5-9-18(14-16)20(23)22-13-11-17-7-3-4-8-19(17)15-22/h5-6,9,14,17,19,24H,3-4,7-8,10-13,15H2,1-2H3/t17-,19+/m1/s1. The lowest BCUT2D eigenvalue weighted by molar-refractivity contribution is 0.0521. The summed E-state index contributed by atoms with van der Waals surface area (Å²) in [5, 5.41) is 9.90. The molecule has 0 spiro atoms. The van der Waals surface area contributed by atoms with E-state index in [-0.39, 0.29) is 5.91 Å². The van der Waals surface area contributed by atoms with Crippen molar-refractivity contribution in [3.63, 3.8) is 0 Å². The normalized spacial score (nSPS) is 24.5. The monoisotopic (exact) mass is 329 g/mol. The molecule has 0 aromatic heterocycles. The Morgan fingerprint density at radius 3 is 2.71 bits per heavy atom. The van der Waals surface area contributed by atoms with E-state index in [0.29, 0.717) is 6.42 Å². The Hall–Kier alpha value is -1.35. The molecule has 0 unspecified atom stereocenters. The van der Waals surface area contributed by atoms with Crippen LogP contribution in [0.5, 0.6) is 0 Å². The van der Waals surface area contributed by atoms with Crippen LogP contribution in [0.4, 0.5) is 0 Å². The molecule has 1 aromatic rings. The van der Waals surface area contributed by atoms with Gasteiger partial charge in [0.15, 0.2) is 0 Å². The first-order valence-corrected chi connectivity index (χ1v) is 9.53. The van der Waals surface area contributed by atoms with Crippen molar-refractivity contribution in [3.05, 3.63) is 35.4 Å². The topological polar surface area (TPSA) is 40.5 Å². The third-order valence-corrected chi connectivity index (χ3v) is 5.78. The van der Waals surface area contributed by atoms with Gasteiger partial charge in [0.2, 0.25) is 0 Å². The second-order valence-corrected chi connectivity index (χ2v) is 8.36. The molecule has 1 saturated carbocycles. The highest BCUT2D eigenvalue weighted by atomic mass is 16.3. The molecule has 0 bridgehead atoms. The van der Waals surface area contributed by atoms with Crippen LogP contribution in [0.1, 0.15) is 68.3 Å². The molecule has 24 heavy (non-hydrogen) atoms. The van der Waals surface area contributed by atoms with Crippen LogP contribution in [0.25, 0.3) is 0 Å². The summed E-state index contributed by atoms with van der Waals surface area (Å²) in [4.78, 5) is 15.0. The van der Waals surface area contributed by atoms with Gasteiger partial charge in [0.05, 0.1) is 5.60 Å². The number of piperidine rings is 1. The summed E-state index contributed by atoms with van der Waals surface area (Å²) in [6.45, 7) is 5.51. The van der Waals surface area contributed by atoms with Gasteiger partial charge in [0, 0.05) is 18.7 Å². The zero-order chi connectivity index (χ0) is 17.2. The number of hydrogen-bond acceptors (Lipinski definition) is 2. The van der Waals surface area contributed by atoms with E-state index in [4.69, 9.17) is 0 Å². The summed E-state index contributed by atoms with van der Waals surface area (Å²) in [6, 6.07) is 7.97. The van der Waals surface area contributed by atoms with Crippen molar-refractivity contribution in [1.29, 1.82) is 0 Å². The maximum Gasteiger partial charge on any atom is 0.253 e. The summed E-state index contributed by atoms with van der Waals surface area (Å²) >= 11 is 0. The zero-order valence-corrected chi connectivity index (χ0v) is 15.1. The van der Waals surface area contributed by atoms with Crippen molar-refractivity contribution in [2.24, 2.45) is 11.8 Å². The Labute approximate surface area is 146 Å². The third-order valence-electron chi connectivity index (χ3n) is 5.78. The van der Waals surface area contributed by atoms with Gasteiger partial charge in [-0.15, -0.1) is 0 Å². The van der Waals surface area contributed by atoms with E-state index in [9.17, 15) is 9.90 Å². The van der Waals surface area contributed by atoms with E-state index in [2.05, 4.69) is 11.0 Å². The van der Waals surface area contributed by atoms with E-state index in [1.165, 1.54) is 32.1 Å². The Kier molecular flexibility index (Phi) is 5.29. The van der Waals surface area contributed by atoms with Crippen LogP contribution in [0.15, 0.2) is 24.3 Å². The van der Waals surface area contributed by atoms with E-state index in [0.717, 1.165) is 42.5 Å². The molecule has 3 rings (SSSR count). The maximum atomic E-state index is 12.9. The number of benzene rings is 1. The molecule has 1 aliphatic heterocycles. The van der Waals surface area contributed by atoms with E-state index in [1.54, 1.807) is 0 Å². The van der Waals surface area contributed by atoms with Crippen LogP contribution >= 0.6 is 0 Å². The van der Waals surface area contributed by atoms with Gasteiger partial charge < -0.3 is 10.0 Å². The fourth-order valence-corrected chi connectivity index (χ4v) is 4.28. The van der Waals surface area contributed by atoms with Crippen LogP contribution in [0.2, 0.25) is 0 Å². The molecule has 2 fully saturated rings. The smallest absolute Gasteiger partial charge is 0.253 e. The second kappa shape index (κ2) is 7.26. The van der Waals surface area contributed by atoms with Gasteiger partial charge in [0.25, 0.3) is 5.91 Å². The van der Waals surface area contributed by atoms with Crippen LogP contribution in [-0.4, -0.2) is 34.6 Å². The Morgan fingerprint density at radius 2 is 1.96 bits per heavy atom.